The van der Waals surface area contributed by atoms with Gasteiger partial charge in [-0.2, -0.15) is 0 Å². The Morgan fingerprint density at radius 2 is 0.919 bits per heavy atom. The van der Waals surface area contributed by atoms with Crippen LogP contribution in [0.2, 0.25) is 0 Å². The average molecular weight is 878 g/mol. The second-order valence-electron chi connectivity index (χ2n) is 18.3. The van der Waals surface area contributed by atoms with Crippen LogP contribution in [0.5, 0.6) is 0 Å². The molecule has 9 nitrogen and oxygen atoms in total. The van der Waals surface area contributed by atoms with Gasteiger partial charge in [0.2, 0.25) is 5.91 Å². The number of unbranched alkanes of at least 4 members (excludes halogenated alkanes) is 30. The van der Waals surface area contributed by atoms with Gasteiger partial charge in [0.15, 0.2) is 6.29 Å². The predicted octanol–water partition coefficient (Wildman–Crippen LogP) is 12.0. The van der Waals surface area contributed by atoms with Gasteiger partial charge in [0.1, 0.15) is 24.4 Å². The summed E-state index contributed by atoms with van der Waals surface area (Å²) in [7, 11) is 0. The summed E-state index contributed by atoms with van der Waals surface area (Å²) in [6.07, 6.45) is 47.7. The lowest BCUT2D eigenvalue weighted by molar-refractivity contribution is -0.302. The van der Waals surface area contributed by atoms with Gasteiger partial charge < -0.3 is 40.3 Å². The zero-order valence-corrected chi connectivity index (χ0v) is 40.1. The van der Waals surface area contributed by atoms with Gasteiger partial charge >= 0.3 is 0 Å². The van der Waals surface area contributed by atoms with Gasteiger partial charge in [-0.1, -0.05) is 211 Å². The Morgan fingerprint density at radius 3 is 1.37 bits per heavy atom. The number of aliphatic hydroxyl groups is 5. The molecule has 1 fully saturated rings. The Morgan fingerprint density at radius 1 is 0.532 bits per heavy atom. The van der Waals surface area contributed by atoms with Gasteiger partial charge in [-0.05, 0) is 57.8 Å². The van der Waals surface area contributed by atoms with Crippen LogP contribution in [-0.2, 0) is 14.3 Å². The summed E-state index contributed by atoms with van der Waals surface area (Å²) >= 11 is 0. The second kappa shape index (κ2) is 43.3. The molecule has 0 radical (unpaired) electrons. The summed E-state index contributed by atoms with van der Waals surface area (Å²) in [6, 6.07) is -0.823. The Kier molecular flexibility index (Phi) is 40.8. The highest BCUT2D eigenvalue weighted by molar-refractivity contribution is 5.76. The van der Waals surface area contributed by atoms with Crippen molar-refractivity contribution in [3.05, 3.63) is 36.5 Å². The summed E-state index contributed by atoms with van der Waals surface area (Å²) < 4.78 is 11.2. The molecule has 0 saturated carbocycles. The fourth-order valence-electron chi connectivity index (χ4n) is 8.23. The maximum Gasteiger partial charge on any atom is 0.220 e. The van der Waals surface area contributed by atoms with E-state index >= 15 is 0 Å². The predicted molar refractivity (Wildman–Crippen MR) is 258 cm³/mol. The lowest BCUT2D eigenvalue weighted by Crippen LogP contribution is -2.60. The van der Waals surface area contributed by atoms with E-state index in [0.29, 0.717) is 6.42 Å². The molecular formula is C53H99NO8. The Balaban J connectivity index is 2.29. The Labute approximate surface area is 381 Å². The summed E-state index contributed by atoms with van der Waals surface area (Å²) in [5.41, 5.74) is 0. The van der Waals surface area contributed by atoms with Crippen LogP contribution in [0.3, 0.4) is 0 Å². The quantitative estimate of drug-likeness (QED) is 0.0262. The molecule has 0 spiro atoms. The molecule has 1 amide bonds. The first kappa shape index (κ1) is 58.4. The van der Waals surface area contributed by atoms with Gasteiger partial charge in [-0.25, -0.2) is 0 Å². The molecule has 1 saturated heterocycles. The molecule has 7 atom stereocenters. The average Bonchev–Trinajstić information content (AvgIpc) is 3.27. The fraction of sp³-hybridized carbons (Fsp3) is 0.868. The number of nitrogens with one attached hydrogen (secondary N) is 1. The smallest absolute Gasteiger partial charge is 0.220 e. The van der Waals surface area contributed by atoms with Crippen molar-refractivity contribution in [1.29, 1.82) is 0 Å². The van der Waals surface area contributed by atoms with Crippen molar-refractivity contribution < 1.29 is 39.8 Å². The SMILES string of the molecule is CCCCCC/C=C\CCCCCCCCCC(=O)NC(COC1OC(CO)C(O)C(O)C1O)C(O)/C=C/CC/C=C/CCCCCCCCCCCCCCCCCCCC. The molecule has 0 aromatic heterocycles. The van der Waals surface area contributed by atoms with Crippen LogP contribution in [0.15, 0.2) is 36.5 Å². The summed E-state index contributed by atoms with van der Waals surface area (Å²) in [5, 5.41) is 54.3. The van der Waals surface area contributed by atoms with Gasteiger partial charge in [0.25, 0.3) is 0 Å². The molecule has 62 heavy (non-hydrogen) atoms. The molecule has 1 rings (SSSR count). The fourth-order valence-corrected chi connectivity index (χ4v) is 8.23. The van der Waals surface area contributed by atoms with Gasteiger partial charge in [-0.3, -0.25) is 4.79 Å². The summed E-state index contributed by atoms with van der Waals surface area (Å²) in [5.74, 6) is -0.191. The van der Waals surface area contributed by atoms with Crippen molar-refractivity contribution in [3.63, 3.8) is 0 Å². The number of rotatable bonds is 44. The highest BCUT2D eigenvalue weighted by Crippen LogP contribution is 2.23. The van der Waals surface area contributed by atoms with E-state index in [1.807, 2.05) is 6.08 Å². The standard InChI is InChI=1S/C53H99NO8/c1-3-5-7-9-11-13-15-17-19-20-21-22-23-24-25-26-27-29-30-32-34-36-38-40-42-47(56)46(45-61-53-52(60)51(59)50(58)48(44-55)62-53)54-49(57)43-41-39-37-35-33-31-28-18-16-14-12-10-8-6-4-2/h14,16,32,34,40,42,46-48,50-53,55-56,58-60H,3-13,15,17-31,33,35-39,41,43-45H2,1-2H3,(H,54,57)/b16-14-,34-32+,42-40+. The van der Waals surface area contributed by atoms with Crippen molar-refractivity contribution in [3.8, 4) is 0 Å². The van der Waals surface area contributed by atoms with Crippen molar-refractivity contribution in [2.45, 2.75) is 281 Å². The van der Waals surface area contributed by atoms with Crippen LogP contribution in [0, 0.1) is 0 Å². The number of hydrogen-bond acceptors (Lipinski definition) is 8. The van der Waals surface area contributed by atoms with E-state index in [0.717, 1.165) is 51.4 Å². The minimum absolute atomic E-state index is 0.191. The molecule has 6 N–H and O–H groups in total. The molecule has 7 unspecified atom stereocenters. The molecule has 9 heteroatoms. The van der Waals surface area contributed by atoms with E-state index < -0.39 is 49.5 Å². The van der Waals surface area contributed by atoms with Crippen LogP contribution >= 0.6 is 0 Å². The molecule has 0 aliphatic carbocycles. The molecule has 1 aliphatic rings. The van der Waals surface area contributed by atoms with Crippen molar-refractivity contribution in [2.24, 2.45) is 0 Å². The molecular weight excluding hydrogens is 779 g/mol. The third-order valence-corrected chi connectivity index (χ3v) is 12.4. The highest BCUT2D eigenvalue weighted by atomic mass is 16.7. The molecule has 1 heterocycles. The first-order valence-electron chi connectivity index (χ1n) is 26.2. The molecule has 1 aliphatic heterocycles. The molecule has 0 aromatic carbocycles. The summed E-state index contributed by atoms with van der Waals surface area (Å²) in [6.45, 7) is 3.76. The second-order valence-corrected chi connectivity index (χ2v) is 18.3. The number of carbonyl (C=O) groups is 1. The Bertz CT molecular complexity index is 1070. The first-order valence-corrected chi connectivity index (χ1v) is 26.2. The van der Waals surface area contributed by atoms with Crippen LogP contribution in [0.4, 0.5) is 0 Å². The number of carbonyl (C=O) groups excluding carboxylic acids is 1. The third kappa shape index (κ3) is 33.0. The number of aliphatic hydroxyl groups excluding tert-OH is 5. The lowest BCUT2D eigenvalue weighted by Gasteiger charge is -2.40. The minimum Gasteiger partial charge on any atom is -0.394 e. The van der Waals surface area contributed by atoms with Crippen molar-refractivity contribution in [2.75, 3.05) is 13.2 Å². The van der Waals surface area contributed by atoms with Crippen molar-refractivity contribution in [1.82, 2.24) is 5.32 Å². The van der Waals surface area contributed by atoms with E-state index in [1.54, 1.807) is 6.08 Å². The zero-order chi connectivity index (χ0) is 45.1. The zero-order valence-electron chi connectivity index (χ0n) is 40.1. The molecule has 0 aromatic rings. The van der Waals surface area contributed by atoms with Crippen LogP contribution in [-0.4, -0.2) is 87.5 Å². The minimum atomic E-state index is -1.57. The maximum atomic E-state index is 13.0. The lowest BCUT2D eigenvalue weighted by atomic mass is 9.99. The largest absolute Gasteiger partial charge is 0.394 e. The maximum absolute atomic E-state index is 13.0. The van der Waals surface area contributed by atoms with Crippen LogP contribution < -0.4 is 5.32 Å². The van der Waals surface area contributed by atoms with Crippen molar-refractivity contribution >= 4 is 5.91 Å². The first-order chi connectivity index (χ1) is 30.3. The normalized spacial score (nSPS) is 20.5. The van der Waals surface area contributed by atoms with E-state index in [2.05, 4.69) is 43.5 Å². The van der Waals surface area contributed by atoms with E-state index in [4.69, 9.17) is 9.47 Å². The monoisotopic (exact) mass is 878 g/mol. The van der Waals surface area contributed by atoms with Gasteiger partial charge in [0.05, 0.1) is 25.4 Å². The third-order valence-electron chi connectivity index (χ3n) is 12.4. The van der Waals surface area contributed by atoms with E-state index in [1.165, 1.54) is 167 Å². The summed E-state index contributed by atoms with van der Waals surface area (Å²) in [4.78, 5) is 13.0. The highest BCUT2D eigenvalue weighted by Gasteiger charge is 2.44. The van der Waals surface area contributed by atoms with Gasteiger partial charge in [-0.15, -0.1) is 0 Å². The number of ether oxygens (including phenoxy) is 2. The number of allylic oxidation sites excluding steroid dienone is 5. The van der Waals surface area contributed by atoms with Crippen LogP contribution in [0.25, 0.3) is 0 Å². The Hall–Kier alpha value is -1.59. The molecule has 364 valence electrons. The number of hydrogen-bond donors (Lipinski definition) is 6. The van der Waals surface area contributed by atoms with Crippen LogP contribution in [0.1, 0.15) is 239 Å². The topological polar surface area (TPSA) is 149 Å². The van der Waals surface area contributed by atoms with Gasteiger partial charge in [0, 0.05) is 6.42 Å². The number of amides is 1. The molecule has 0 bridgehead atoms. The van der Waals surface area contributed by atoms with E-state index in [-0.39, 0.29) is 12.5 Å². The van der Waals surface area contributed by atoms with E-state index in [9.17, 15) is 30.3 Å².